The second kappa shape index (κ2) is 5.36. The molecule has 0 aliphatic carbocycles. The summed E-state index contributed by atoms with van der Waals surface area (Å²) in [7, 11) is 0. The lowest BCUT2D eigenvalue weighted by Gasteiger charge is -2.11. The quantitative estimate of drug-likeness (QED) is 0.775. The molecule has 4 heteroatoms. The second-order valence-electron chi connectivity index (χ2n) is 4.01. The zero-order valence-electron chi connectivity index (χ0n) is 10.4. The Hall–Kier alpha value is -1.29. The second-order valence-corrected chi connectivity index (χ2v) is 5.42. The zero-order chi connectivity index (χ0) is 12.3. The predicted molar refractivity (Wildman–Crippen MR) is 71.1 cm³/mol. The minimum atomic E-state index is 0.320. The van der Waals surface area contributed by atoms with Gasteiger partial charge in [-0.15, -0.1) is 11.8 Å². The van der Waals surface area contributed by atoms with Gasteiger partial charge in [-0.2, -0.15) is 5.10 Å². The minimum Gasteiger partial charge on any atom is -0.249 e. The van der Waals surface area contributed by atoms with Gasteiger partial charge >= 0.3 is 0 Å². The number of rotatable bonds is 4. The van der Waals surface area contributed by atoms with Gasteiger partial charge in [0, 0.05) is 11.4 Å². The number of aryl methyl sites for hydroxylation is 2. The van der Waals surface area contributed by atoms with E-state index < -0.39 is 0 Å². The Labute approximate surface area is 106 Å². The van der Waals surface area contributed by atoms with Crippen LogP contribution in [0.2, 0.25) is 0 Å². The van der Waals surface area contributed by atoms with Gasteiger partial charge in [0.15, 0.2) is 0 Å². The molecule has 0 saturated heterocycles. The van der Waals surface area contributed by atoms with Crippen LogP contribution in [0.4, 0.5) is 0 Å². The first-order chi connectivity index (χ1) is 8.20. The number of nitrogens with zero attached hydrogens (tertiary/aromatic N) is 3. The van der Waals surface area contributed by atoms with E-state index in [0.29, 0.717) is 5.25 Å². The molecule has 1 unspecified atom stereocenters. The topological polar surface area (TPSA) is 30.7 Å². The molecule has 0 aliphatic heterocycles. The number of aromatic nitrogens is 3. The van der Waals surface area contributed by atoms with Gasteiger partial charge in [-0.1, -0.05) is 17.7 Å². The summed E-state index contributed by atoms with van der Waals surface area (Å²) >= 11 is 1.82. The van der Waals surface area contributed by atoms with Crippen molar-refractivity contribution in [3.63, 3.8) is 0 Å². The van der Waals surface area contributed by atoms with Crippen LogP contribution in [-0.4, -0.2) is 14.8 Å². The highest BCUT2D eigenvalue weighted by Gasteiger charge is 2.13. The van der Waals surface area contributed by atoms with Gasteiger partial charge < -0.3 is 0 Å². The molecule has 1 atom stereocenters. The summed E-state index contributed by atoms with van der Waals surface area (Å²) in [5.74, 6) is 1.04. The molecule has 0 radical (unpaired) electrons. The number of hydrogen-bond acceptors (Lipinski definition) is 3. The van der Waals surface area contributed by atoms with Crippen LogP contribution in [-0.2, 0) is 6.54 Å². The van der Waals surface area contributed by atoms with Crippen LogP contribution in [0, 0.1) is 6.92 Å². The molecule has 1 aromatic carbocycles. The van der Waals surface area contributed by atoms with Crippen molar-refractivity contribution in [2.24, 2.45) is 0 Å². The Bertz CT molecular complexity index is 476. The highest BCUT2D eigenvalue weighted by Crippen LogP contribution is 2.33. The van der Waals surface area contributed by atoms with Gasteiger partial charge in [0.25, 0.3) is 0 Å². The smallest absolute Gasteiger partial charge is 0.140 e. The maximum Gasteiger partial charge on any atom is 0.140 e. The molecule has 17 heavy (non-hydrogen) atoms. The summed E-state index contributed by atoms with van der Waals surface area (Å²) < 4.78 is 1.95. The molecule has 0 N–H and O–H groups in total. The lowest BCUT2D eigenvalue weighted by atomic mass is 10.2. The van der Waals surface area contributed by atoms with Crippen molar-refractivity contribution in [1.29, 1.82) is 0 Å². The van der Waals surface area contributed by atoms with E-state index in [1.54, 1.807) is 6.33 Å². The van der Waals surface area contributed by atoms with Crippen molar-refractivity contribution in [2.45, 2.75) is 37.5 Å². The van der Waals surface area contributed by atoms with E-state index in [1.807, 2.05) is 16.4 Å². The van der Waals surface area contributed by atoms with Gasteiger partial charge in [0.2, 0.25) is 0 Å². The first-order valence-corrected chi connectivity index (χ1v) is 6.69. The number of hydrogen-bond donors (Lipinski definition) is 0. The van der Waals surface area contributed by atoms with Crippen molar-refractivity contribution in [3.05, 3.63) is 42.0 Å². The van der Waals surface area contributed by atoms with E-state index in [9.17, 15) is 0 Å². The third kappa shape index (κ3) is 2.88. The Morgan fingerprint density at radius 3 is 2.65 bits per heavy atom. The van der Waals surface area contributed by atoms with Gasteiger partial charge in [0.1, 0.15) is 12.2 Å². The third-order valence-electron chi connectivity index (χ3n) is 2.64. The van der Waals surface area contributed by atoms with Crippen LogP contribution in [0.15, 0.2) is 35.5 Å². The molecular weight excluding hydrogens is 230 g/mol. The zero-order valence-corrected chi connectivity index (χ0v) is 11.2. The van der Waals surface area contributed by atoms with E-state index in [0.717, 1.165) is 12.4 Å². The standard InChI is InChI=1S/C13H17N3S/c1-4-16-13(14-9-15-16)11(3)17-12-7-5-10(2)6-8-12/h5-9,11H,4H2,1-3H3. The molecule has 0 saturated carbocycles. The van der Waals surface area contributed by atoms with Crippen molar-refractivity contribution >= 4 is 11.8 Å². The summed E-state index contributed by atoms with van der Waals surface area (Å²) in [5, 5.41) is 4.52. The maximum atomic E-state index is 4.33. The lowest BCUT2D eigenvalue weighted by Crippen LogP contribution is -2.05. The first kappa shape index (κ1) is 12.2. The van der Waals surface area contributed by atoms with Crippen LogP contribution in [0.3, 0.4) is 0 Å². The number of thioether (sulfide) groups is 1. The Morgan fingerprint density at radius 2 is 2.00 bits per heavy atom. The Balaban J connectivity index is 2.11. The molecule has 1 heterocycles. The lowest BCUT2D eigenvalue weighted by molar-refractivity contribution is 0.617. The molecule has 90 valence electrons. The molecular formula is C13H17N3S. The summed E-state index contributed by atoms with van der Waals surface area (Å²) in [5.41, 5.74) is 1.29. The third-order valence-corrected chi connectivity index (χ3v) is 3.75. The van der Waals surface area contributed by atoms with Crippen molar-refractivity contribution in [2.75, 3.05) is 0 Å². The average molecular weight is 247 g/mol. The normalized spacial score (nSPS) is 12.6. The molecule has 0 bridgehead atoms. The van der Waals surface area contributed by atoms with Crippen molar-refractivity contribution in [1.82, 2.24) is 14.8 Å². The highest BCUT2D eigenvalue weighted by molar-refractivity contribution is 7.99. The van der Waals surface area contributed by atoms with Crippen LogP contribution in [0.25, 0.3) is 0 Å². The fraction of sp³-hybridized carbons (Fsp3) is 0.385. The van der Waals surface area contributed by atoms with Gasteiger partial charge in [-0.3, -0.25) is 0 Å². The fourth-order valence-corrected chi connectivity index (χ4v) is 2.69. The summed E-state index contributed by atoms with van der Waals surface area (Å²) in [6.45, 7) is 7.22. The van der Waals surface area contributed by atoms with Crippen LogP contribution in [0.1, 0.15) is 30.5 Å². The molecule has 2 rings (SSSR count). The van der Waals surface area contributed by atoms with E-state index in [2.05, 4.69) is 55.1 Å². The van der Waals surface area contributed by atoms with Crippen molar-refractivity contribution in [3.8, 4) is 0 Å². The largest absolute Gasteiger partial charge is 0.249 e. The summed E-state index contributed by atoms with van der Waals surface area (Å²) in [6, 6.07) is 8.59. The molecule has 0 spiro atoms. The van der Waals surface area contributed by atoms with Crippen LogP contribution >= 0.6 is 11.8 Å². The van der Waals surface area contributed by atoms with E-state index in [1.165, 1.54) is 10.5 Å². The first-order valence-electron chi connectivity index (χ1n) is 5.81. The predicted octanol–water partition coefficient (Wildman–Crippen LogP) is 3.46. The Kier molecular flexibility index (Phi) is 3.84. The van der Waals surface area contributed by atoms with E-state index in [-0.39, 0.29) is 0 Å². The van der Waals surface area contributed by atoms with Gasteiger partial charge in [-0.05, 0) is 32.9 Å². The summed E-state index contributed by atoms with van der Waals surface area (Å²) in [4.78, 5) is 5.60. The fourth-order valence-electron chi connectivity index (χ4n) is 1.71. The molecule has 1 aromatic heterocycles. The summed E-state index contributed by atoms with van der Waals surface area (Å²) in [6.07, 6.45) is 1.63. The molecule has 2 aromatic rings. The maximum absolute atomic E-state index is 4.33. The van der Waals surface area contributed by atoms with Crippen LogP contribution < -0.4 is 0 Å². The highest BCUT2D eigenvalue weighted by atomic mass is 32.2. The van der Waals surface area contributed by atoms with Crippen LogP contribution in [0.5, 0.6) is 0 Å². The number of benzene rings is 1. The molecule has 0 amide bonds. The monoisotopic (exact) mass is 247 g/mol. The van der Waals surface area contributed by atoms with Gasteiger partial charge in [-0.25, -0.2) is 9.67 Å². The van der Waals surface area contributed by atoms with E-state index in [4.69, 9.17) is 0 Å². The minimum absolute atomic E-state index is 0.320. The molecule has 3 nitrogen and oxygen atoms in total. The molecule has 0 fully saturated rings. The Morgan fingerprint density at radius 1 is 1.29 bits per heavy atom. The average Bonchev–Trinajstić information content (AvgIpc) is 2.80. The SMILES string of the molecule is CCn1ncnc1C(C)Sc1ccc(C)cc1. The molecule has 0 aliphatic rings. The van der Waals surface area contributed by atoms with Crippen molar-refractivity contribution < 1.29 is 0 Å². The van der Waals surface area contributed by atoms with E-state index >= 15 is 0 Å². The van der Waals surface area contributed by atoms with Gasteiger partial charge in [0.05, 0.1) is 5.25 Å².